The Morgan fingerprint density at radius 3 is 2.72 bits per heavy atom. The Bertz CT molecular complexity index is 428. The normalized spacial score (nSPS) is 18.3. The van der Waals surface area contributed by atoms with E-state index in [9.17, 15) is 9.90 Å². The number of anilines is 1. The van der Waals surface area contributed by atoms with Crippen LogP contribution in [0.4, 0.5) is 5.82 Å². The van der Waals surface area contributed by atoms with Crippen LogP contribution in [-0.2, 0) is 11.2 Å². The molecule has 2 N–H and O–H groups in total. The average molecular weight is 249 g/mol. The van der Waals surface area contributed by atoms with Crippen LogP contribution in [0.1, 0.15) is 44.7 Å². The molecule has 1 heterocycles. The van der Waals surface area contributed by atoms with Gasteiger partial charge in [0, 0.05) is 11.8 Å². The number of rotatable bonds is 4. The molecule has 5 heteroatoms. The van der Waals surface area contributed by atoms with Crippen molar-refractivity contribution >= 4 is 11.8 Å². The van der Waals surface area contributed by atoms with E-state index in [1.807, 2.05) is 13.0 Å². The van der Waals surface area contributed by atoms with Gasteiger partial charge < -0.3 is 10.4 Å². The molecule has 18 heavy (non-hydrogen) atoms. The summed E-state index contributed by atoms with van der Waals surface area (Å²) in [6, 6.07) is 1.83. The average Bonchev–Trinajstić information content (AvgIpc) is 2.40. The van der Waals surface area contributed by atoms with Crippen molar-refractivity contribution in [1.29, 1.82) is 0 Å². The third kappa shape index (κ3) is 2.60. The highest BCUT2D eigenvalue weighted by atomic mass is 16.4. The second kappa shape index (κ2) is 5.33. The Morgan fingerprint density at radius 1 is 1.39 bits per heavy atom. The van der Waals surface area contributed by atoms with Crippen LogP contribution in [0.3, 0.4) is 0 Å². The molecule has 0 aliphatic heterocycles. The van der Waals surface area contributed by atoms with Gasteiger partial charge in [-0.1, -0.05) is 26.2 Å². The summed E-state index contributed by atoms with van der Waals surface area (Å²) < 4.78 is 0. The quantitative estimate of drug-likeness (QED) is 0.856. The van der Waals surface area contributed by atoms with Crippen molar-refractivity contribution in [2.75, 3.05) is 5.32 Å². The molecule has 0 radical (unpaired) electrons. The Kier molecular flexibility index (Phi) is 3.79. The topological polar surface area (TPSA) is 75.1 Å². The van der Waals surface area contributed by atoms with Crippen molar-refractivity contribution in [3.63, 3.8) is 0 Å². The lowest BCUT2D eigenvalue weighted by Crippen LogP contribution is -2.48. The summed E-state index contributed by atoms with van der Waals surface area (Å²) in [4.78, 5) is 19.8. The van der Waals surface area contributed by atoms with E-state index in [0.29, 0.717) is 18.7 Å². The van der Waals surface area contributed by atoms with Gasteiger partial charge in [-0.3, -0.25) is 0 Å². The largest absolute Gasteiger partial charge is 0.480 e. The van der Waals surface area contributed by atoms with Gasteiger partial charge in [-0.05, 0) is 19.3 Å². The molecule has 0 saturated heterocycles. The third-order valence-corrected chi connectivity index (χ3v) is 3.57. The van der Waals surface area contributed by atoms with Gasteiger partial charge in [0.2, 0.25) is 0 Å². The van der Waals surface area contributed by atoms with Crippen LogP contribution >= 0.6 is 0 Å². The molecule has 1 aliphatic carbocycles. The molecular weight excluding hydrogens is 230 g/mol. The first-order chi connectivity index (χ1) is 8.66. The Hall–Kier alpha value is -1.65. The van der Waals surface area contributed by atoms with Crippen molar-refractivity contribution in [3.05, 3.63) is 18.1 Å². The number of carboxylic acid groups (broad SMARTS) is 1. The Balaban J connectivity index is 2.20. The maximum atomic E-state index is 11.5. The van der Waals surface area contributed by atoms with Crippen LogP contribution in [0, 0.1) is 0 Å². The molecule has 2 rings (SSSR count). The maximum Gasteiger partial charge on any atom is 0.329 e. The van der Waals surface area contributed by atoms with Crippen LogP contribution in [0.2, 0.25) is 0 Å². The molecule has 5 nitrogen and oxygen atoms in total. The van der Waals surface area contributed by atoms with Crippen molar-refractivity contribution in [1.82, 2.24) is 9.97 Å². The number of hydrogen-bond acceptors (Lipinski definition) is 4. The number of nitrogens with one attached hydrogen (secondary N) is 1. The minimum absolute atomic E-state index is 0.617. The van der Waals surface area contributed by atoms with Crippen LogP contribution in [0.15, 0.2) is 12.4 Å². The summed E-state index contributed by atoms with van der Waals surface area (Å²) in [5.41, 5.74) is 0.0706. The number of nitrogens with zero attached hydrogens (tertiary/aromatic N) is 2. The molecule has 0 atom stereocenters. The Labute approximate surface area is 107 Å². The first-order valence-electron chi connectivity index (χ1n) is 6.49. The number of carboxylic acids is 1. The summed E-state index contributed by atoms with van der Waals surface area (Å²) in [6.45, 7) is 2.01. The van der Waals surface area contributed by atoms with Crippen LogP contribution < -0.4 is 5.32 Å². The second-order valence-electron chi connectivity index (χ2n) is 4.82. The molecule has 0 spiro atoms. The van der Waals surface area contributed by atoms with E-state index in [0.717, 1.165) is 31.4 Å². The molecule has 1 saturated carbocycles. The molecule has 1 aromatic heterocycles. The van der Waals surface area contributed by atoms with Gasteiger partial charge in [0.05, 0.1) is 0 Å². The number of aryl methyl sites for hydroxylation is 1. The highest BCUT2D eigenvalue weighted by molar-refractivity contribution is 5.82. The minimum Gasteiger partial charge on any atom is -0.480 e. The lowest BCUT2D eigenvalue weighted by Gasteiger charge is -2.34. The molecule has 0 unspecified atom stereocenters. The molecule has 0 aromatic carbocycles. The molecule has 1 aromatic rings. The molecule has 1 fully saturated rings. The second-order valence-corrected chi connectivity index (χ2v) is 4.82. The summed E-state index contributed by atoms with van der Waals surface area (Å²) in [6.07, 6.45) is 6.63. The van der Waals surface area contributed by atoms with E-state index in [-0.39, 0.29) is 0 Å². The molecule has 98 valence electrons. The van der Waals surface area contributed by atoms with Crippen LogP contribution in [0.5, 0.6) is 0 Å². The third-order valence-electron chi connectivity index (χ3n) is 3.57. The van der Waals surface area contributed by atoms with E-state index >= 15 is 0 Å². The van der Waals surface area contributed by atoms with E-state index in [1.165, 1.54) is 6.33 Å². The summed E-state index contributed by atoms with van der Waals surface area (Å²) in [5, 5.41) is 12.6. The Morgan fingerprint density at radius 2 is 2.11 bits per heavy atom. The first-order valence-corrected chi connectivity index (χ1v) is 6.49. The summed E-state index contributed by atoms with van der Waals surface area (Å²) >= 11 is 0. The fraction of sp³-hybridized carbons (Fsp3) is 0.615. The van der Waals surface area contributed by atoms with Gasteiger partial charge in [-0.15, -0.1) is 0 Å². The molecular formula is C13H19N3O2. The highest BCUT2D eigenvalue weighted by Crippen LogP contribution is 2.31. The van der Waals surface area contributed by atoms with E-state index in [2.05, 4.69) is 15.3 Å². The van der Waals surface area contributed by atoms with Gasteiger partial charge in [0.1, 0.15) is 17.7 Å². The van der Waals surface area contributed by atoms with Gasteiger partial charge in [0.25, 0.3) is 0 Å². The van der Waals surface area contributed by atoms with Crippen molar-refractivity contribution in [2.45, 2.75) is 51.0 Å². The zero-order valence-corrected chi connectivity index (χ0v) is 10.6. The molecule has 0 amide bonds. The fourth-order valence-electron chi connectivity index (χ4n) is 2.45. The summed E-state index contributed by atoms with van der Waals surface area (Å²) in [5.74, 6) is -0.162. The monoisotopic (exact) mass is 249 g/mol. The van der Waals surface area contributed by atoms with E-state index in [4.69, 9.17) is 0 Å². The first kappa shape index (κ1) is 12.8. The number of aliphatic carboxylic acids is 1. The molecule has 0 bridgehead atoms. The van der Waals surface area contributed by atoms with Gasteiger partial charge >= 0.3 is 5.97 Å². The SMILES string of the molecule is CCc1cc(NC2(C(=O)O)CCCCC2)ncn1. The number of aromatic nitrogens is 2. The lowest BCUT2D eigenvalue weighted by molar-refractivity contribution is -0.143. The van der Waals surface area contributed by atoms with Crippen molar-refractivity contribution in [3.8, 4) is 0 Å². The predicted molar refractivity (Wildman–Crippen MR) is 68.5 cm³/mol. The zero-order chi connectivity index (χ0) is 13.0. The smallest absolute Gasteiger partial charge is 0.329 e. The predicted octanol–water partition coefficient (Wildman–Crippen LogP) is 2.24. The number of carbonyl (C=O) groups is 1. The van der Waals surface area contributed by atoms with E-state index in [1.54, 1.807) is 0 Å². The van der Waals surface area contributed by atoms with Gasteiger partial charge in [0.15, 0.2) is 0 Å². The zero-order valence-electron chi connectivity index (χ0n) is 10.6. The summed E-state index contributed by atoms with van der Waals surface area (Å²) in [7, 11) is 0. The fourth-order valence-corrected chi connectivity index (χ4v) is 2.45. The van der Waals surface area contributed by atoms with E-state index < -0.39 is 11.5 Å². The van der Waals surface area contributed by atoms with Crippen molar-refractivity contribution < 1.29 is 9.90 Å². The van der Waals surface area contributed by atoms with Crippen molar-refractivity contribution in [2.24, 2.45) is 0 Å². The lowest BCUT2D eigenvalue weighted by atomic mass is 9.81. The number of hydrogen-bond donors (Lipinski definition) is 2. The molecule has 1 aliphatic rings. The maximum absolute atomic E-state index is 11.5. The van der Waals surface area contributed by atoms with Gasteiger partial charge in [-0.25, -0.2) is 14.8 Å². The highest BCUT2D eigenvalue weighted by Gasteiger charge is 2.39. The standard InChI is InChI=1S/C13H19N3O2/c1-2-10-8-11(15-9-14-10)16-13(12(17)18)6-4-3-5-7-13/h8-9H,2-7H2,1H3,(H,17,18)(H,14,15,16). The van der Waals surface area contributed by atoms with Crippen LogP contribution in [-0.4, -0.2) is 26.6 Å². The van der Waals surface area contributed by atoms with Crippen LogP contribution in [0.25, 0.3) is 0 Å². The minimum atomic E-state index is -0.850. The van der Waals surface area contributed by atoms with Gasteiger partial charge in [-0.2, -0.15) is 0 Å².